The molecule has 1 aromatic carbocycles. The Balaban J connectivity index is 2.23. The van der Waals surface area contributed by atoms with Crippen LogP contribution in [-0.2, 0) is 10.0 Å². The van der Waals surface area contributed by atoms with Gasteiger partial charge in [-0.25, -0.2) is 8.42 Å². The van der Waals surface area contributed by atoms with Crippen molar-refractivity contribution in [3.63, 3.8) is 0 Å². The number of anilines is 1. The van der Waals surface area contributed by atoms with Crippen molar-refractivity contribution in [2.45, 2.75) is 4.21 Å². The minimum Gasteiger partial charge on any atom is -0.389 e. The average Bonchev–Trinajstić information content (AvgIpc) is 2.77. The van der Waals surface area contributed by atoms with Crippen LogP contribution in [0, 0.1) is 0 Å². The lowest BCUT2D eigenvalue weighted by atomic mass is 10.2. The van der Waals surface area contributed by atoms with E-state index in [4.69, 9.17) is 18.0 Å². The molecule has 0 saturated heterocycles. The van der Waals surface area contributed by atoms with Crippen molar-refractivity contribution in [3.05, 3.63) is 45.7 Å². The zero-order chi connectivity index (χ0) is 14.0. The van der Waals surface area contributed by atoms with Crippen LogP contribution < -0.4 is 10.5 Å². The zero-order valence-corrected chi connectivity index (χ0v) is 13.5. The van der Waals surface area contributed by atoms with Gasteiger partial charge in [-0.05, 0) is 52.3 Å². The molecule has 100 valence electrons. The lowest BCUT2D eigenvalue weighted by Gasteiger charge is -2.06. The number of rotatable bonds is 4. The van der Waals surface area contributed by atoms with Crippen LogP contribution in [0.2, 0.25) is 0 Å². The smallest absolute Gasteiger partial charge is 0.271 e. The highest BCUT2D eigenvalue weighted by atomic mass is 79.9. The number of thiophene rings is 1. The Hall–Kier alpha value is -0.960. The molecule has 0 aliphatic carbocycles. The lowest BCUT2D eigenvalue weighted by Crippen LogP contribution is -2.12. The fraction of sp³-hybridized carbons (Fsp3) is 0. The molecule has 4 nitrogen and oxygen atoms in total. The van der Waals surface area contributed by atoms with Crippen LogP contribution in [0.4, 0.5) is 5.69 Å². The third-order valence-corrected chi connectivity index (χ3v) is 5.97. The second-order valence-corrected chi connectivity index (χ2v) is 8.42. The molecular formula is C11H9BrN2O2S3. The second-order valence-electron chi connectivity index (χ2n) is 3.61. The summed E-state index contributed by atoms with van der Waals surface area (Å²) in [5.41, 5.74) is 6.63. The predicted octanol–water partition coefficient (Wildman–Crippen LogP) is 2.95. The van der Waals surface area contributed by atoms with Gasteiger partial charge in [-0.2, -0.15) is 0 Å². The van der Waals surface area contributed by atoms with E-state index in [0.29, 0.717) is 11.3 Å². The highest BCUT2D eigenvalue weighted by Crippen LogP contribution is 2.27. The van der Waals surface area contributed by atoms with Crippen molar-refractivity contribution in [2.75, 3.05) is 4.72 Å². The highest BCUT2D eigenvalue weighted by Gasteiger charge is 2.16. The fourth-order valence-electron chi connectivity index (χ4n) is 1.35. The predicted molar refractivity (Wildman–Crippen MR) is 85.2 cm³/mol. The maximum Gasteiger partial charge on any atom is 0.271 e. The fourth-order valence-corrected chi connectivity index (χ4v) is 4.55. The first-order valence-corrected chi connectivity index (χ1v) is 8.56. The number of halogens is 1. The average molecular weight is 377 g/mol. The van der Waals surface area contributed by atoms with Gasteiger partial charge in [0.25, 0.3) is 10.0 Å². The maximum atomic E-state index is 12.1. The molecule has 0 saturated carbocycles. The Kier molecular flexibility index (Phi) is 4.24. The van der Waals surface area contributed by atoms with E-state index in [1.807, 2.05) is 0 Å². The second kappa shape index (κ2) is 5.58. The monoisotopic (exact) mass is 376 g/mol. The van der Waals surface area contributed by atoms with Gasteiger partial charge in [-0.15, -0.1) is 11.3 Å². The van der Waals surface area contributed by atoms with Gasteiger partial charge in [0.15, 0.2) is 0 Å². The van der Waals surface area contributed by atoms with E-state index in [2.05, 4.69) is 20.7 Å². The number of benzene rings is 1. The van der Waals surface area contributed by atoms with Gasteiger partial charge in [0.05, 0.1) is 3.79 Å². The summed E-state index contributed by atoms with van der Waals surface area (Å²) in [7, 11) is -3.55. The van der Waals surface area contributed by atoms with Gasteiger partial charge in [0.1, 0.15) is 9.20 Å². The molecule has 3 N–H and O–H groups in total. The van der Waals surface area contributed by atoms with Gasteiger partial charge in [0, 0.05) is 11.3 Å². The van der Waals surface area contributed by atoms with Crippen molar-refractivity contribution in [1.82, 2.24) is 0 Å². The van der Waals surface area contributed by atoms with E-state index >= 15 is 0 Å². The number of nitrogens with one attached hydrogen (secondary N) is 1. The maximum absolute atomic E-state index is 12.1. The molecule has 0 spiro atoms. The summed E-state index contributed by atoms with van der Waals surface area (Å²) >= 11 is 9.21. The summed E-state index contributed by atoms with van der Waals surface area (Å²) < 4.78 is 27.6. The first-order chi connectivity index (χ1) is 8.88. The highest BCUT2D eigenvalue weighted by molar-refractivity contribution is 9.11. The molecule has 0 atom stereocenters. The number of sulfonamides is 1. The zero-order valence-electron chi connectivity index (χ0n) is 9.46. The molecule has 0 aliphatic rings. The molecular weight excluding hydrogens is 368 g/mol. The topological polar surface area (TPSA) is 72.2 Å². The van der Waals surface area contributed by atoms with Gasteiger partial charge in [0.2, 0.25) is 0 Å². The lowest BCUT2D eigenvalue weighted by molar-refractivity contribution is 0.603. The van der Waals surface area contributed by atoms with E-state index in [9.17, 15) is 8.42 Å². The number of nitrogens with two attached hydrogens (primary N) is 1. The minimum absolute atomic E-state index is 0.248. The molecule has 1 aromatic heterocycles. The third kappa shape index (κ3) is 3.53. The first kappa shape index (κ1) is 14.4. The molecule has 0 fully saturated rings. The van der Waals surface area contributed by atoms with Gasteiger partial charge < -0.3 is 5.73 Å². The summed E-state index contributed by atoms with van der Waals surface area (Å²) in [5.74, 6) is 0. The quantitative estimate of drug-likeness (QED) is 0.804. The molecule has 0 unspecified atom stereocenters. The third-order valence-electron chi connectivity index (χ3n) is 2.24. The summed E-state index contributed by atoms with van der Waals surface area (Å²) in [6, 6.07) is 9.81. The van der Waals surface area contributed by atoms with Crippen molar-refractivity contribution in [3.8, 4) is 0 Å². The molecule has 2 rings (SSSR count). The molecule has 0 aliphatic heterocycles. The summed E-state index contributed by atoms with van der Waals surface area (Å²) in [6.07, 6.45) is 0. The van der Waals surface area contributed by atoms with Crippen molar-refractivity contribution in [1.29, 1.82) is 0 Å². The van der Waals surface area contributed by atoms with E-state index in [1.54, 1.807) is 36.4 Å². The van der Waals surface area contributed by atoms with E-state index < -0.39 is 10.0 Å². The van der Waals surface area contributed by atoms with Crippen molar-refractivity contribution in [2.24, 2.45) is 5.73 Å². The number of hydrogen-bond donors (Lipinski definition) is 2. The largest absolute Gasteiger partial charge is 0.389 e. The molecule has 19 heavy (non-hydrogen) atoms. The standard InChI is InChI=1S/C11H9BrN2O2S3/c12-9-5-6-10(18-9)19(15,16)14-8-3-1-7(2-4-8)11(13)17/h1-6,14H,(H2,13,17). The normalized spacial score (nSPS) is 11.2. The van der Waals surface area contributed by atoms with Gasteiger partial charge in [-0.1, -0.05) is 12.2 Å². The molecule has 2 aromatic rings. The Morgan fingerprint density at radius 3 is 2.32 bits per heavy atom. The van der Waals surface area contributed by atoms with Crippen LogP contribution >= 0.6 is 39.5 Å². The minimum atomic E-state index is -3.55. The SMILES string of the molecule is NC(=S)c1ccc(NS(=O)(=O)c2ccc(Br)s2)cc1. The van der Waals surface area contributed by atoms with Crippen LogP contribution in [0.3, 0.4) is 0 Å². The Bertz CT molecular complexity index is 708. The Morgan fingerprint density at radius 1 is 1.21 bits per heavy atom. The van der Waals surface area contributed by atoms with Crippen LogP contribution in [-0.4, -0.2) is 13.4 Å². The Labute approximate surface area is 128 Å². The molecule has 0 amide bonds. The summed E-state index contributed by atoms with van der Waals surface area (Å²) in [5, 5.41) is 0. The van der Waals surface area contributed by atoms with Crippen LogP contribution in [0.25, 0.3) is 0 Å². The van der Waals surface area contributed by atoms with E-state index in [-0.39, 0.29) is 9.20 Å². The van der Waals surface area contributed by atoms with E-state index in [1.165, 1.54) is 0 Å². The molecule has 8 heteroatoms. The van der Waals surface area contributed by atoms with Gasteiger partial charge >= 0.3 is 0 Å². The summed E-state index contributed by atoms with van der Waals surface area (Å²) in [6.45, 7) is 0. The molecule has 0 radical (unpaired) electrons. The first-order valence-electron chi connectivity index (χ1n) is 5.06. The van der Waals surface area contributed by atoms with Crippen molar-refractivity contribution < 1.29 is 8.42 Å². The number of hydrogen-bond acceptors (Lipinski definition) is 4. The van der Waals surface area contributed by atoms with E-state index in [0.717, 1.165) is 15.1 Å². The van der Waals surface area contributed by atoms with Crippen LogP contribution in [0.5, 0.6) is 0 Å². The number of thiocarbonyl (C=S) groups is 1. The summed E-state index contributed by atoms with van der Waals surface area (Å²) in [4.78, 5) is 0.275. The Morgan fingerprint density at radius 2 is 1.84 bits per heavy atom. The van der Waals surface area contributed by atoms with Gasteiger partial charge in [-0.3, -0.25) is 4.72 Å². The van der Waals surface area contributed by atoms with Crippen LogP contribution in [0.15, 0.2) is 44.4 Å². The molecule has 1 heterocycles. The van der Waals surface area contributed by atoms with Crippen molar-refractivity contribution >= 4 is 60.2 Å². The van der Waals surface area contributed by atoms with Crippen LogP contribution in [0.1, 0.15) is 5.56 Å². The molecule has 0 bridgehead atoms.